The Kier molecular flexibility index (Phi) is 6.45. The Bertz CT molecular complexity index is 654. The predicted octanol–water partition coefficient (Wildman–Crippen LogP) is 2.88. The minimum atomic E-state index is -0.351. The number of alkyl carbamates (subject to hydrolysis) is 1. The maximum atomic E-state index is 12.5. The van der Waals surface area contributed by atoms with Gasteiger partial charge in [0.05, 0.1) is 18.6 Å². The standard InChI is InChI=1S/C23H38N2O5/c1-16(2)7-8-18-22(3,30-18)20-19(27-4)17(9-10-23(20)15-28-23)29-21(26)24-11-14-25-12-5-6-13-25/h7,17-20H,5-6,8-15H2,1-4H3,(H,24,26)/t17-,18-,19-,20+,22+,23+/m1/s1. The molecule has 0 aromatic carbocycles. The highest BCUT2D eigenvalue weighted by Crippen LogP contribution is 2.59. The lowest BCUT2D eigenvalue weighted by Crippen LogP contribution is -2.56. The first-order chi connectivity index (χ1) is 14.4. The van der Waals surface area contributed by atoms with Crippen LogP contribution < -0.4 is 5.32 Å². The van der Waals surface area contributed by atoms with E-state index in [2.05, 4.69) is 37.1 Å². The minimum absolute atomic E-state index is 0.0571. The van der Waals surface area contributed by atoms with Crippen LogP contribution in [-0.4, -0.2) is 80.4 Å². The monoisotopic (exact) mass is 422 g/mol. The summed E-state index contributed by atoms with van der Waals surface area (Å²) in [7, 11) is 1.71. The molecule has 4 aliphatic rings. The van der Waals surface area contributed by atoms with E-state index in [0.29, 0.717) is 6.54 Å². The normalized spacial score (nSPS) is 40.3. The Balaban J connectivity index is 1.35. The molecule has 7 nitrogen and oxygen atoms in total. The first-order valence-electron chi connectivity index (χ1n) is 11.5. The van der Waals surface area contributed by atoms with Crippen molar-refractivity contribution in [2.75, 3.05) is 39.9 Å². The molecule has 0 aromatic rings. The van der Waals surface area contributed by atoms with Crippen molar-refractivity contribution in [2.24, 2.45) is 5.92 Å². The van der Waals surface area contributed by atoms with E-state index in [4.69, 9.17) is 18.9 Å². The molecule has 1 saturated carbocycles. The van der Waals surface area contributed by atoms with Gasteiger partial charge in [0, 0.05) is 20.2 Å². The van der Waals surface area contributed by atoms with Gasteiger partial charge >= 0.3 is 6.09 Å². The zero-order valence-corrected chi connectivity index (χ0v) is 18.9. The third-order valence-electron chi connectivity index (χ3n) is 7.39. The van der Waals surface area contributed by atoms with Crippen molar-refractivity contribution in [3.8, 4) is 0 Å². The molecular formula is C23H38N2O5. The van der Waals surface area contributed by atoms with Gasteiger partial charge in [0.25, 0.3) is 0 Å². The summed E-state index contributed by atoms with van der Waals surface area (Å²) in [6.45, 7) is 10.9. The van der Waals surface area contributed by atoms with E-state index in [1.807, 2.05) is 0 Å². The maximum absolute atomic E-state index is 12.5. The van der Waals surface area contributed by atoms with Gasteiger partial charge in [-0.15, -0.1) is 0 Å². The van der Waals surface area contributed by atoms with Gasteiger partial charge < -0.3 is 29.2 Å². The van der Waals surface area contributed by atoms with Crippen LogP contribution in [0.5, 0.6) is 0 Å². The third-order valence-corrected chi connectivity index (χ3v) is 7.39. The second-order valence-electron chi connectivity index (χ2n) is 9.80. The van der Waals surface area contributed by atoms with E-state index < -0.39 is 0 Å². The van der Waals surface area contributed by atoms with E-state index in [-0.39, 0.29) is 41.5 Å². The van der Waals surface area contributed by atoms with Gasteiger partial charge in [-0.3, -0.25) is 0 Å². The molecule has 3 saturated heterocycles. The first kappa shape index (κ1) is 22.1. The number of amides is 1. The van der Waals surface area contributed by atoms with E-state index in [9.17, 15) is 4.79 Å². The highest BCUT2D eigenvalue weighted by atomic mass is 16.6. The molecule has 0 radical (unpaired) electrons. The van der Waals surface area contributed by atoms with E-state index in [1.165, 1.54) is 18.4 Å². The van der Waals surface area contributed by atoms with Gasteiger partial charge in [-0.05, 0) is 66.0 Å². The van der Waals surface area contributed by atoms with Crippen molar-refractivity contribution in [1.29, 1.82) is 0 Å². The van der Waals surface area contributed by atoms with Crippen molar-refractivity contribution in [3.05, 3.63) is 11.6 Å². The van der Waals surface area contributed by atoms with E-state index >= 15 is 0 Å². The molecule has 0 bridgehead atoms. The molecule has 4 fully saturated rings. The number of nitrogens with zero attached hydrogens (tertiary/aromatic N) is 1. The molecule has 170 valence electrons. The number of carbonyl (C=O) groups excluding carboxylic acids is 1. The molecule has 1 aliphatic carbocycles. The topological polar surface area (TPSA) is 75.9 Å². The maximum Gasteiger partial charge on any atom is 0.407 e. The number of rotatable bonds is 8. The van der Waals surface area contributed by atoms with Crippen molar-refractivity contribution in [3.63, 3.8) is 0 Å². The van der Waals surface area contributed by atoms with Gasteiger partial charge in [-0.1, -0.05) is 11.6 Å². The molecular weight excluding hydrogens is 384 g/mol. The summed E-state index contributed by atoms with van der Waals surface area (Å²) in [5.41, 5.74) is 0.794. The lowest BCUT2D eigenvalue weighted by Gasteiger charge is -2.42. The second-order valence-corrected chi connectivity index (χ2v) is 9.80. The number of allylic oxidation sites excluding steroid dienone is 1. The SMILES string of the molecule is CO[C@H]1[C@@H]([C@@]2(C)O[C@@H]2CC=C(C)C)[C@]2(CC[C@H]1OC(=O)NCCN1CCCC1)CO2. The average Bonchev–Trinajstić information content (AvgIpc) is 3.55. The number of likely N-dealkylation sites (tertiary alicyclic amines) is 1. The summed E-state index contributed by atoms with van der Waals surface area (Å²) in [6.07, 6.45) is 6.54. The molecule has 1 spiro atoms. The van der Waals surface area contributed by atoms with Crippen LogP contribution in [0.1, 0.15) is 52.9 Å². The predicted molar refractivity (Wildman–Crippen MR) is 113 cm³/mol. The Morgan fingerprint density at radius 2 is 2.03 bits per heavy atom. The van der Waals surface area contributed by atoms with Crippen LogP contribution in [0.2, 0.25) is 0 Å². The Morgan fingerprint density at radius 3 is 2.67 bits per heavy atom. The Labute approximate surface area is 180 Å². The minimum Gasteiger partial charge on any atom is -0.443 e. The lowest BCUT2D eigenvalue weighted by atomic mass is 9.68. The molecule has 7 heteroatoms. The summed E-state index contributed by atoms with van der Waals surface area (Å²) >= 11 is 0. The molecule has 3 heterocycles. The summed E-state index contributed by atoms with van der Waals surface area (Å²) in [4.78, 5) is 14.8. The highest BCUT2D eigenvalue weighted by Gasteiger charge is 2.72. The molecule has 0 unspecified atom stereocenters. The number of carbonyl (C=O) groups is 1. The van der Waals surface area contributed by atoms with Crippen LogP contribution >= 0.6 is 0 Å². The second kappa shape index (κ2) is 8.77. The van der Waals surface area contributed by atoms with Crippen LogP contribution in [0.3, 0.4) is 0 Å². The van der Waals surface area contributed by atoms with E-state index in [1.54, 1.807) is 7.11 Å². The number of hydrogen-bond acceptors (Lipinski definition) is 6. The Morgan fingerprint density at radius 1 is 1.30 bits per heavy atom. The zero-order chi connectivity index (χ0) is 21.4. The Hall–Kier alpha value is -1.15. The largest absolute Gasteiger partial charge is 0.443 e. The summed E-state index contributed by atoms with van der Waals surface area (Å²) in [5.74, 6) is 0.0571. The smallest absolute Gasteiger partial charge is 0.407 e. The van der Waals surface area contributed by atoms with Crippen molar-refractivity contribution in [1.82, 2.24) is 10.2 Å². The van der Waals surface area contributed by atoms with Crippen molar-refractivity contribution >= 4 is 6.09 Å². The average molecular weight is 423 g/mol. The van der Waals surface area contributed by atoms with Crippen LogP contribution in [0.15, 0.2) is 11.6 Å². The number of ether oxygens (including phenoxy) is 4. The molecule has 30 heavy (non-hydrogen) atoms. The fourth-order valence-corrected chi connectivity index (χ4v) is 5.57. The van der Waals surface area contributed by atoms with Crippen molar-refractivity contribution < 1.29 is 23.7 Å². The number of methoxy groups -OCH3 is 1. The van der Waals surface area contributed by atoms with Crippen LogP contribution in [0, 0.1) is 5.92 Å². The van der Waals surface area contributed by atoms with Gasteiger partial charge in [-0.2, -0.15) is 0 Å². The number of hydrogen-bond donors (Lipinski definition) is 1. The molecule has 0 aromatic heterocycles. The summed E-state index contributed by atoms with van der Waals surface area (Å²) < 4.78 is 24.0. The first-order valence-corrected chi connectivity index (χ1v) is 11.5. The van der Waals surface area contributed by atoms with E-state index in [0.717, 1.165) is 45.5 Å². The molecule has 1 N–H and O–H groups in total. The van der Waals surface area contributed by atoms with Crippen molar-refractivity contribution in [2.45, 2.75) is 82.4 Å². The molecule has 4 rings (SSSR count). The molecule has 6 atom stereocenters. The zero-order valence-electron chi connectivity index (χ0n) is 18.9. The highest BCUT2D eigenvalue weighted by molar-refractivity contribution is 5.67. The fourth-order valence-electron chi connectivity index (χ4n) is 5.57. The number of nitrogens with one attached hydrogen (secondary N) is 1. The van der Waals surface area contributed by atoms with Crippen LogP contribution in [0.4, 0.5) is 4.79 Å². The van der Waals surface area contributed by atoms with Gasteiger partial charge in [-0.25, -0.2) is 4.79 Å². The van der Waals surface area contributed by atoms with Gasteiger partial charge in [0.1, 0.15) is 23.4 Å². The molecule has 3 aliphatic heterocycles. The molecule has 1 amide bonds. The summed E-state index contributed by atoms with van der Waals surface area (Å²) in [6, 6.07) is 0. The fraction of sp³-hybridized carbons (Fsp3) is 0.870. The lowest BCUT2D eigenvalue weighted by molar-refractivity contribution is -0.118. The van der Waals surface area contributed by atoms with Gasteiger partial charge in [0.15, 0.2) is 0 Å². The summed E-state index contributed by atoms with van der Waals surface area (Å²) in [5, 5.41) is 2.92. The number of epoxide rings is 2. The quantitative estimate of drug-likeness (QED) is 0.479. The van der Waals surface area contributed by atoms with Gasteiger partial charge in [0.2, 0.25) is 0 Å². The third kappa shape index (κ3) is 4.54. The van der Waals surface area contributed by atoms with Crippen LogP contribution in [0.25, 0.3) is 0 Å². The van der Waals surface area contributed by atoms with Crippen LogP contribution in [-0.2, 0) is 18.9 Å².